The molecule has 24 heavy (non-hydrogen) atoms. The number of carbonyl (C=O) groups is 1. The molecule has 1 atom stereocenters. The summed E-state index contributed by atoms with van der Waals surface area (Å²) in [6.07, 6.45) is 2.75. The summed E-state index contributed by atoms with van der Waals surface area (Å²) in [4.78, 5) is 14.3. The lowest BCUT2D eigenvalue weighted by Gasteiger charge is -2.39. The van der Waals surface area contributed by atoms with Crippen molar-refractivity contribution in [3.8, 4) is 0 Å². The van der Waals surface area contributed by atoms with Crippen molar-refractivity contribution in [3.05, 3.63) is 35.4 Å². The van der Waals surface area contributed by atoms with Gasteiger partial charge < -0.3 is 20.1 Å². The summed E-state index contributed by atoms with van der Waals surface area (Å²) in [6, 6.07) is 8.45. The number of urea groups is 1. The fourth-order valence-electron chi connectivity index (χ4n) is 3.99. The zero-order valence-corrected chi connectivity index (χ0v) is 14.5. The summed E-state index contributed by atoms with van der Waals surface area (Å²) in [5.41, 5.74) is 2.55. The van der Waals surface area contributed by atoms with Crippen LogP contribution in [0.2, 0.25) is 0 Å². The van der Waals surface area contributed by atoms with Gasteiger partial charge in [-0.15, -0.1) is 0 Å². The molecule has 1 aromatic carbocycles. The van der Waals surface area contributed by atoms with Gasteiger partial charge in [-0.3, -0.25) is 0 Å². The van der Waals surface area contributed by atoms with E-state index >= 15 is 0 Å². The van der Waals surface area contributed by atoms with Gasteiger partial charge in [0.15, 0.2) is 0 Å². The Kier molecular flexibility index (Phi) is 5.41. The van der Waals surface area contributed by atoms with Crippen molar-refractivity contribution in [2.45, 2.75) is 31.6 Å². The number of hydrogen-bond donors (Lipinski definition) is 2. The predicted molar refractivity (Wildman–Crippen MR) is 93.1 cm³/mol. The predicted octanol–water partition coefficient (Wildman–Crippen LogP) is 2.07. The molecule has 1 unspecified atom stereocenters. The topological polar surface area (TPSA) is 61.8 Å². The first-order valence-electron chi connectivity index (χ1n) is 8.92. The summed E-state index contributed by atoms with van der Waals surface area (Å²) in [5.74, 6) is 0.226. The molecule has 132 valence electrons. The van der Waals surface area contributed by atoms with E-state index in [2.05, 4.69) is 36.5 Å². The van der Waals surface area contributed by atoms with E-state index in [9.17, 15) is 9.90 Å². The highest BCUT2D eigenvalue weighted by Gasteiger charge is 2.36. The number of amides is 2. The summed E-state index contributed by atoms with van der Waals surface area (Å²) in [7, 11) is 0. The van der Waals surface area contributed by atoms with Crippen LogP contribution in [0, 0.1) is 12.8 Å². The maximum absolute atomic E-state index is 12.5. The average molecular weight is 332 g/mol. The zero-order valence-electron chi connectivity index (χ0n) is 14.5. The van der Waals surface area contributed by atoms with Crippen molar-refractivity contribution in [2.75, 3.05) is 39.5 Å². The van der Waals surface area contributed by atoms with Crippen molar-refractivity contribution in [1.29, 1.82) is 0 Å². The largest absolute Gasteiger partial charge is 0.396 e. The van der Waals surface area contributed by atoms with Gasteiger partial charge in [-0.1, -0.05) is 24.3 Å². The van der Waals surface area contributed by atoms with E-state index < -0.39 is 0 Å². The second kappa shape index (κ2) is 7.53. The summed E-state index contributed by atoms with van der Waals surface area (Å²) in [5, 5.41) is 12.4. The van der Waals surface area contributed by atoms with Crippen molar-refractivity contribution < 1.29 is 14.6 Å². The lowest BCUT2D eigenvalue weighted by atomic mass is 9.72. The van der Waals surface area contributed by atoms with E-state index in [1.165, 1.54) is 11.1 Å². The van der Waals surface area contributed by atoms with Gasteiger partial charge in [0.1, 0.15) is 0 Å². The number of hydrogen-bond acceptors (Lipinski definition) is 3. The molecule has 1 aromatic rings. The highest BCUT2D eigenvalue weighted by molar-refractivity contribution is 5.74. The third-order valence-electron chi connectivity index (χ3n) is 5.58. The van der Waals surface area contributed by atoms with Crippen LogP contribution in [0.15, 0.2) is 24.3 Å². The molecule has 2 amide bonds. The molecule has 0 aliphatic carbocycles. The van der Waals surface area contributed by atoms with Crippen molar-refractivity contribution in [2.24, 2.45) is 5.92 Å². The molecule has 2 aliphatic heterocycles. The maximum atomic E-state index is 12.5. The summed E-state index contributed by atoms with van der Waals surface area (Å²) >= 11 is 0. The molecule has 0 aromatic heterocycles. The van der Waals surface area contributed by atoms with Gasteiger partial charge in [0, 0.05) is 50.8 Å². The third-order valence-corrected chi connectivity index (χ3v) is 5.58. The molecule has 2 N–H and O–H groups in total. The number of aliphatic hydroxyl groups excluding tert-OH is 1. The molecule has 0 spiro atoms. The second-order valence-electron chi connectivity index (χ2n) is 7.15. The van der Waals surface area contributed by atoms with E-state index in [-0.39, 0.29) is 24.0 Å². The number of rotatable bonds is 4. The van der Waals surface area contributed by atoms with E-state index in [1.54, 1.807) is 0 Å². The number of likely N-dealkylation sites (tertiary alicyclic amines) is 1. The van der Waals surface area contributed by atoms with Gasteiger partial charge in [0.25, 0.3) is 0 Å². The first-order valence-corrected chi connectivity index (χ1v) is 8.92. The van der Waals surface area contributed by atoms with Gasteiger partial charge in [-0.25, -0.2) is 4.79 Å². The number of aliphatic hydroxyl groups is 1. The van der Waals surface area contributed by atoms with Gasteiger partial charge in [-0.05, 0) is 37.3 Å². The number of nitrogens with zero attached hydrogens (tertiary/aromatic N) is 1. The smallest absolute Gasteiger partial charge is 0.317 e. The normalized spacial score (nSPS) is 23.2. The molecule has 2 saturated heterocycles. The van der Waals surface area contributed by atoms with E-state index in [4.69, 9.17) is 4.74 Å². The standard InChI is InChI=1S/C19H28N2O3/c1-15-4-2-3-5-17(15)19(7-10-24-11-8-19)14-20-18(23)21-9-6-16(12-21)13-22/h2-5,16,22H,6-14H2,1H3,(H,20,23). The lowest BCUT2D eigenvalue weighted by Crippen LogP contribution is -2.48. The van der Waals surface area contributed by atoms with Crippen LogP contribution in [0.4, 0.5) is 4.79 Å². The van der Waals surface area contributed by atoms with Crippen LogP contribution in [0.25, 0.3) is 0 Å². The highest BCUT2D eigenvalue weighted by Crippen LogP contribution is 2.36. The zero-order chi connectivity index (χ0) is 17.0. The minimum Gasteiger partial charge on any atom is -0.396 e. The van der Waals surface area contributed by atoms with Crippen LogP contribution < -0.4 is 5.32 Å². The Bertz CT molecular complexity index is 569. The van der Waals surface area contributed by atoms with E-state index in [0.29, 0.717) is 13.1 Å². The Morgan fingerprint density at radius 3 is 2.79 bits per heavy atom. The average Bonchev–Trinajstić information content (AvgIpc) is 3.10. The van der Waals surface area contributed by atoms with E-state index in [1.807, 2.05) is 4.90 Å². The first kappa shape index (κ1) is 17.2. The van der Waals surface area contributed by atoms with Crippen LogP contribution in [-0.4, -0.2) is 55.5 Å². The summed E-state index contributed by atoms with van der Waals surface area (Å²) < 4.78 is 5.57. The number of carbonyl (C=O) groups excluding carboxylic acids is 1. The van der Waals surface area contributed by atoms with Crippen molar-refractivity contribution >= 4 is 6.03 Å². The Morgan fingerprint density at radius 1 is 1.38 bits per heavy atom. The Morgan fingerprint density at radius 2 is 2.12 bits per heavy atom. The van der Waals surface area contributed by atoms with Gasteiger partial charge >= 0.3 is 6.03 Å². The Balaban J connectivity index is 1.69. The molecular weight excluding hydrogens is 304 g/mol. The minimum atomic E-state index is -0.0463. The molecule has 2 heterocycles. The summed E-state index contributed by atoms with van der Waals surface area (Å²) in [6.45, 7) is 5.80. The second-order valence-corrected chi connectivity index (χ2v) is 7.15. The van der Waals surface area contributed by atoms with Crippen molar-refractivity contribution in [3.63, 3.8) is 0 Å². The third kappa shape index (κ3) is 3.57. The lowest BCUT2D eigenvalue weighted by molar-refractivity contribution is 0.0500. The molecule has 5 heteroatoms. The number of ether oxygens (including phenoxy) is 1. The monoisotopic (exact) mass is 332 g/mol. The molecule has 0 saturated carbocycles. The fraction of sp³-hybridized carbons (Fsp3) is 0.632. The maximum Gasteiger partial charge on any atom is 0.317 e. The van der Waals surface area contributed by atoms with E-state index in [0.717, 1.165) is 39.0 Å². The first-order chi connectivity index (χ1) is 11.6. The molecule has 2 aliphatic rings. The van der Waals surface area contributed by atoms with Crippen LogP contribution in [-0.2, 0) is 10.2 Å². The fourth-order valence-corrected chi connectivity index (χ4v) is 3.99. The van der Waals surface area contributed by atoms with Crippen LogP contribution in [0.1, 0.15) is 30.4 Å². The Hall–Kier alpha value is -1.59. The van der Waals surface area contributed by atoms with Gasteiger partial charge in [0.2, 0.25) is 0 Å². The number of nitrogens with one attached hydrogen (secondary N) is 1. The van der Waals surface area contributed by atoms with Crippen molar-refractivity contribution in [1.82, 2.24) is 10.2 Å². The van der Waals surface area contributed by atoms with Crippen LogP contribution >= 0.6 is 0 Å². The highest BCUT2D eigenvalue weighted by atomic mass is 16.5. The molecule has 2 fully saturated rings. The van der Waals surface area contributed by atoms with Crippen LogP contribution in [0.3, 0.4) is 0 Å². The molecule has 0 bridgehead atoms. The molecule has 5 nitrogen and oxygen atoms in total. The molecule has 0 radical (unpaired) electrons. The minimum absolute atomic E-state index is 0.00889. The van der Waals surface area contributed by atoms with Crippen LogP contribution in [0.5, 0.6) is 0 Å². The number of aryl methyl sites for hydroxylation is 1. The molecule has 3 rings (SSSR count). The van der Waals surface area contributed by atoms with Gasteiger partial charge in [0.05, 0.1) is 0 Å². The SMILES string of the molecule is Cc1ccccc1C1(CNC(=O)N2CCC(CO)C2)CCOCC1. The Labute approximate surface area is 144 Å². The number of benzene rings is 1. The van der Waals surface area contributed by atoms with Gasteiger partial charge in [-0.2, -0.15) is 0 Å². The molecular formula is C19H28N2O3. The quantitative estimate of drug-likeness (QED) is 0.887.